The molecule has 0 unspecified atom stereocenters. The summed E-state index contributed by atoms with van der Waals surface area (Å²) in [6, 6.07) is 12.5. The quantitative estimate of drug-likeness (QED) is 0.318. The van der Waals surface area contributed by atoms with Gasteiger partial charge in [-0.2, -0.15) is 8.42 Å². The molecule has 2 N–H and O–H groups in total. The number of sulfonamides is 1. The third-order valence-electron chi connectivity index (χ3n) is 5.16. The molecule has 0 amide bonds. The molecular formula is C21H18BrN3O8S2. The summed E-state index contributed by atoms with van der Waals surface area (Å²) in [5.74, 6) is -1.83. The Morgan fingerprint density at radius 2 is 1.86 bits per heavy atom. The van der Waals surface area contributed by atoms with Gasteiger partial charge in [0.05, 0.1) is 15.1 Å². The third kappa shape index (κ3) is 4.82. The van der Waals surface area contributed by atoms with E-state index in [1.807, 2.05) is 0 Å². The lowest BCUT2D eigenvalue weighted by molar-refractivity contribution is -0.132. The second-order valence-corrected chi connectivity index (χ2v) is 11.8. The molecule has 1 aromatic heterocycles. The zero-order valence-corrected chi connectivity index (χ0v) is 21.2. The van der Waals surface area contributed by atoms with E-state index < -0.39 is 38.7 Å². The zero-order chi connectivity index (χ0) is 25.5. The minimum absolute atomic E-state index is 0.0256. The van der Waals surface area contributed by atoms with Crippen LogP contribution >= 0.6 is 15.9 Å². The van der Waals surface area contributed by atoms with Crippen LogP contribution in [0.4, 0.5) is 5.69 Å². The summed E-state index contributed by atoms with van der Waals surface area (Å²) < 4.78 is 61.4. The van der Waals surface area contributed by atoms with Gasteiger partial charge < -0.3 is 14.4 Å². The number of esters is 1. The van der Waals surface area contributed by atoms with Gasteiger partial charge in [-0.05, 0) is 70.9 Å². The Morgan fingerprint density at radius 1 is 1.11 bits per heavy atom. The van der Waals surface area contributed by atoms with E-state index >= 15 is 0 Å². The standard InChI is InChI=1S/C21H18BrN3O8S2/c1-2-24-17(7-8-18(24)21(27)28)13-4-3-5-15(10-13)34(29,30)23-35(31,32)25-12-20(26)33-19-9-6-14(25)11-16(19)22/h3-11,23H,2,12H2,1H3,(H,27,28). The van der Waals surface area contributed by atoms with Crippen LogP contribution in [-0.2, 0) is 31.6 Å². The van der Waals surface area contributed by atoms with E-state index in [-0.39, 0.29) is 22.0 Å². The van der Waals surface area contributed by atoms with Gasteiger partial charge in [0, 0.05) is 12.2 Å². The maximum atomic E-state index is 13.1. The molecule has 5 rings (SSSR count). The average molecular weight is 584 g/mol. The summed E-state index contributed by atoms with van der Waals surface area (Å²) in [6.45, 7) is 1.31. The number of aromatic nitrogens is 1. The molecule has 2 aliphatic rings. The van der Waals surface area contributed by atoms with E-state index in [9.17, 15) is 31.5 Å². The molecule has 0 atom stereocenters. The second kappa shape index (κ2) is 9.11. The van der Waals surface area contributed by atoms with Crippen LogP contribution in [0.5, 0.6) is 5.75 Å². The van der Waals surface area contributed by atoms with Crippen molar-refractivity contribution in [2.24, 2.45) is 0 Å². The normalized spacial score (nSPS) is 13.9. The zero-order valence-electron chi connectivity index (χ0n) is 18.0. The molecule has 0 saturated heterocycles. The molecule has 0 fully saturated rings. The molecule has 3 heterocycles. The van der Waals surface area contributed by atoms with Crippen LogP contribution in [0.15, 0.2) is 64.0 Å². The van der Waals surface area contributed by atoms with Gasteiger partial charge in [-0.15, -0.1) is 0 Å². The molecule has 11 nitrogen and oxygen atoms in total. The largest absolute Gasteiger partial charge is 0.477 e. The Balaban J connectivity index is 1.70. The predicted octanol–water partition coefficient (Wildman–Crippen LogP) is 2.58. The number of benzene rings is 2. The number of carbonyl (C=O) groups is 2. The van der Waals surface area contributed by atoms with Crippen molar-refractivity contribution in [1.29, 1.82) is 0 Å². The minimum atomic E-state index is -4.77. The highest BCUT2D eigenvalue weighted by molar-refractivity contribution is 9.10. The van der Waals surface area contributed by atoms with Crippen molar-refractivity contribution >= 4 is 53.8 Å². The summed E-state index contributed by atoms with van der Waals surface area (Å²) >= 11 is 3.18. The first-order chi connectivity index (χ1) is 16.4. The number of nitrogens with one attached hydrogen (secondary N) is 1. The highest BCUT2D eigenvalue weighted by Gasteiger charge is 2.33. The number of carboxylic acid groups (broad SMARTS) is 1. The monoisotopic (exact) mass is 583 g/mol. The van der Waals surface area contributed by atoms with Crippen LogP contribution in [0, 0.1) is 0 Å². The maximum absolute atomic E-state index is 13.1. The second-order valence-electron chi connectivity index (χ2n) is 7.37. The van der Waals surface area contributed by atoms with Crippen LogP contribution in [0.3, 0.4) is 0 Å². The van der Waals surface area contributed by atoms with E-state index in [0.717, 1.165) is 0 Å². The first-order valence-corrected chi connectivity index (χ1v) is 13.7. The summed E-state index contributed by atoms with van der Waals surface area (Å²) in [5.41, 5.74) is 0.892. The Kier molecular flexibility index (Phi) is 6.48. The third-order valence-corrected chi connectivity index (χ3v) is 9.30. The Bertz CT molecular complexity index is 1560. The highest BCUT2D eigenvalue weighted by Crippen LogP contribution is 2.33. The smallest absolute Gasteiger partial charge is 0.352 e. The number of rotatable bonds is 7. The van der Waals surface area contributed by atoms with Crippen molar-refractivity contribution in [3.63, 3.8) is 0 Å². The van der Waals surface area contributed by atoms with Gasteiger partial charge >= 0.3 is 22.1 Å². The highest BCUT2D eigenvalue weighted by atomic mass is 79.9. The number of anilines is 1. The van der Waals surface area contributed by atoms with Crippen LogP contribution in [0.25, 0.3) is 11.3 Å². The van der Waals surface area contributed by atoms with Crippen LogP contribution in [-0.4, -0.2) is 45.0 Å². The summed E-state index contributed by atoms with van der Waals surface area (Å²) in [6.07, 6.45) is 0. The molecule has 184 valence electrons. The van der Waals surface area contributed by atoms with E-state index in [1.165, 1.54) is 53.1 Å². The molecular weight excluding hydrogens is 566 g/mol. The van der Waals surface area contributed by atoms with Crippen LogP contribution in [0.2, 0.25) is 0 Å². The molecule has 2 bridgehead atoms. The van der Waals surface area contributed by atoms with Crippen molar-refractivity contribution < 1.29 is 36.3 Å². The fraction of sp³-hybridized carbons (Fsp3) is 0.143. The number of carbonyl (C=O) groups excluding carboxylic acids is 1. The number of halogens is 1. The van der Waals surface area contributed by atoms with Gasteiger partial charge in [0.2, 0.25) is 0 Å². The number of ether oxygens (including phenoxy) is 1. The number of fused-ring (bicyclic) bond motifs is 5. The van der Waals surface area contributed by atoms with Gasteiger partial charge in [-0.3, -0.25) is 0 Å². The van der Waals surface area contributed by atoms with Crippen molar-refractivity contribution in [3.8, 4) is 17.0 Å². The van der Waals surface area contributed by atoms with Gasteiger partial charge in [0.1, 0.15) is 18.0 Å². The molecule has 0 aliphatic carbocycles. The first kappa shape index (κ1) is 24.9. The number of aromatic carboxylic acids is 1. The lowest BCUT2D eigenvalue weighted by atomic mass is 10.1. The number of hydrogen-bond acceptors (Lipinski definition) is 7. The van der Waals surface area contributed by atoms with E-state index in [2.05, 4.69) is 15.9 Å². The number of nitrogens with zero attached hydrogens (tertiary/aromatic N) is 2. The molecule has 2 aromatic carbocycles. The molecule has 0 spiro atoms. The van der Waals surface area contributed by atoms with Crippen molar-refractivity contribution in [2.45, 2.75) is 18.4 Å². The predicted molar refractivity (Wildman–Crippen MR) is 129 cm³/mol. The maximum Gasteiger partial charge on any atom is 0.352 e. The molecule has 0 saturated carbocycles. The van der Waals surface area contributed by atoms with Gasteiger partial charge in [-0.25, -0.2) is 22.3 Å². The van der Waals surface area contributed by atoms with Gasteiger partial charge in [0.25, 0.3) is 10.0 Å². The molecule has 2 aliphatic heterocycles. The first-order valence-electron chi connectivity index (χ1n) is 10.0. The lowest BCUT2D eigenvalue weighted by Gasteiger charge is -2.26. The van der Waals surface area contributed by atoms with E-state index in [4.69, 9.17) is 4.74 Å². The molecule has 3 aromatic rings. The number of hydrogen-bond donors (Lipinski definition) is 2. The molecule has 14 heteroatoms. The SMILES string of the molecule is CCn1c(C(=O)O)ccc1-c1cccc(S(=O)(=O)NS(=O)(=O)N2CC(=O)Oc3ccc2cc3Br)c1. The average Bonchev–Trinajstić information content (AvgIpc) is 3.21. The van der Waals surface area contributed by atoms with E-state index in [1.54, 1.807) is 17.1 Å². The molecule has 0 radical (unpaired) electrons. The molecule has 35 heavy (non-hydrogen) atoms. The minimum Gasteiger partial charge on any atom is -0.477 e. The summed E-state index contributed by atoms with van der Waals surface area (Å²) in [7, 11) is -9.40. The Labute approximate surface area is 209 Å². The number of carboxylic acids is 1. The lowest BCUT2D eigenvalue weighted by Crippen LogP contribution is -2.47. The van der Waals surface area contributed by atoms with E-state index in [0.29, 0.717) is 26.6 Å². The fourth-order valence-electron chi connectivity index (χ4n) is 3.62. The summed E-state index contributed by atoms with van der Waals surface area (Å²) in [5, 5.41) is 9.36. The summed E-state index contributed by atoms with van der Waals surface area (Å²) in [4.78, 5) is 23.2. The van der Waals surface area contributed by atoms with Gasteiger partial charge in [0.15, 0.2) is 0 Å². The van der Waals surface area contributed by atoms with Crippen molar-refractivity contribution in [3.05, 3.63) is 64.8 Å². The fourth-order valence-corrected chi connectivity index (χ4v) is 7.12. The topological polar surface area (TPSA) is 152 Å². The van der Waals surface area contributed by atoms with Gasteiger partial charge in [-0.1, -0.05) is 16.3 Å². The Hall–Kier alpha value is -3.20. The van der Waals surface area contributed by atoms with Crippen molar-refractivity contribution in [2.75, 3.05) is 10.8 Å². The Morgan fingerprint density at radius 3 is 2.51 bits per heavy atom. The van der Waals surface area contributed by atoms with Crippen molar-refractivity contribution in [1.82, 2.24) is 8.69 Å². The van der Waals surface area contributed by atoms with Crippen LogP contribution in [0.1, 0.15) is 17.4 Å². The van der Waals surface area contributed by atoms with Crippen LogP contribution < -0.4 is 13.2 Å².